The molecule has 0 aliphatic heterocycles. The number of carbonyl (C=O) groups is 1. The first-order valence-electron chi connectivity index (χ1n) is 8.32. The van der Waals surface area contributed by atoms with Crippen molar-refractivity contribution in [3.8, 4) is 0 Å². The molecule has 0 N–H and O–H groups in total. The van der Waals surface area contributed by atoms with Crippen molar-refractivity contribution in [1.82, 2.24) is 4.90 Å². The Bertz CT molecular complexity index is 563. The maximum Gasteiger partial charge on any atom is 0.157 e. The third-order valence-electron chi connectivity index (χ3n) is 5.10. The second-order valence-electron chi connectivity index (χ2n) is 6.76. The van der Waals surface area contributed by atoms with Crippen molar-refractivity contribution in [2.24, 2.45) is 5.92 Å². The van der Waals surface area contributed by atoms with Crippen LogP contribution in [0.15, 0.2) is 36.0 Å². The van der Waals surface area contributed by atoms with Crippen LogP contribution in [0.1, 0.15) is 50.0 Å². The molecule has 0 amide bonds. The van der Waals surface area contributed by atoms with E-state index < -0.39 is 0 Å². The SMILES string of the molecule is CN(C[C@H]1CCC[C@@H](c2ccc(F)cc2)C1)C1=CC(=O)CC1. The van der Waals surface area contributed by atoms with Gasteiger partial charge in [-0.15, -0.1) is 0 Å². The number of ketones is 1. The van der Waals surface area contributed by atoms with Crippen molar-refractivity contribution in [3.05, 3.63) is 47.4 Å². The van der Waals surface area contributed by atoms with Crippen LogP contribution in [-0.2, 0) is 4.79 Å². The molecule has 22 heavy (non-hydrogen) atoms. The van der Waals surface area contributed by atoms with E-state index in [9.17, 15) is 9.18 Å². The molecule has 0 aromatic heterocycles. The molecule has 3 heteroatoms. The van der Waals surface area contributed by atoms with E-state index in [0.29, 0.717) is 18.3 Å². The van der Waals surface area contributed by atoms with Crippen LogP contribution in [0.2, 0.25) is 0 Å². The molecule has 0 bridgehead atoms. The summed E-state index contributed by atoms with van der Waals surface area (Å²) in [4.78, 5) is 13.6. The molecule has 2 atom stereocenters. The number of halogens is 1. The Balaban J connectivity index is 1.59. The van der Waals surface area contributed by atoms with Crippen LogP contribution < -0.4 is 0 Å². The lowest BCUT2D eigenvalue weighted by molar-refractivity contribution is -0.114. The number of allylic oxidation sites excluding steroid dienone is 2. The van der Waals surface area contributed by atoms with E-state index in [1.165, 1.54) is 30.5 Å². The molecule has 0 unspecified atom stereocenters. The summed E-state index contributed by atoms with van der Waals surface area (Å²) in [6.07, 6.45) is 8.22. The smallest absolute Gasteiger partial charge is 0.157 e. The fourth-order valence-corrected chi connectivity index (χ4v) is 3.88. The van der Waals surface area contributed by atoms with E-state index >= 15 is 0 Å². The highest BCUT2D eigenvalue weighted by Crippen LogP contribution is 2.37. The highest BCUT2D eigenvalue weighted by Gasteiger charge is 2.25. The Morgan fingerprint density at radius 3 is 2.64 bits per heavy atom. The Morgan fingerprint density at radius 1 is 1.18 bits per heavy atom. The lowest BCUT2D eigenvalue weighted by atomic mass is 9.78. The summed E-state index contributed by atoms with van der Waals surface area (Å²) in [5.74, 6) is 1.31. The summed E-state index contributed by atoms with van der Waals surface area (Å²) >= 11 is 0. The highest BCUT2D eigenvalue weighted by atomic mass is 19.1. The first-order valence-corrected chi connectivity index (χ1v) is 8.32. The third kappa shape index (κ3) is 3.57. The molecule has 0 saturated heterocycles. The fraction of sp³-hybridized carbons (Fsp3) is 0.526. The monoisotopic (exact) mass is 301 g/mol. The van der Waals surface area contributed by atoms with Crippen LogP contribution in [-0.4, -0.2) is 24.3 Å². The van der Waals surface area contributed by atoms with Crippen LogP contribution in [0.4, 0.5) is 4.39 Å². The van der Waals surface area contributed by atoms with Crippen LogP contribution in [0.25, 0.3) is 0 Å². The maximum absolute atomic E-state index is 13.1. The number of nitrogens with zero attached hydrogens (tertiary/aromatic N) is 1. The van der Waals surface area contributed by atoms with Gasteiger partial charge in [0.05, 0.1) is 0 Å². The average Bonchev–Trinajstić information content (AvgIpc) is 2.95. The molecule has 2 aliphatic carbocycles. The molecule has 0 heterocycles. The summed E-state index contributed by atoms with van der Waals surface area (Å²) in [6, 6.07) is 7.01. The fourth-order valence-electron chi connectivity index (χ4n) is 3.88. The van der Waals surface area contributed by atoms with Gasteiger partial charge in [-0.3, -0.25) is 4.79 Å². The van der Waals surface area contributed by atoms with Gasteiger partial charge >= 0.3 is 0 Å². The lowest BCUT2D eigenvalue weighted by Gasteiger charge is -2.33. The molecular weight excluding hydrogens is 277 g/mol. The molecule has 2 aliphatic rings. The predicted octanol–water partition coefficient (Wildman–Crippen LogP) is 4.28. The molecule has 118 valence electrons. The molecule has 3 rings (SSSR count). The van der Waals surface area contributed by atoms with E-state index in [4.69, 9.17) is 0 Å². The van der Waals surface area contributed by atoms with Gasteiger partial charge in [-0.1, -0.05) is 18.6 Å². The predicted molar refractivity (Wildman–Crippen MR) is 86.1 cm³/mol. The van der Waals surface area contributed by atoms with Gasteiger partial charge in [-0.25, -0.2) is 4.39 Å². The second-order valence-corrected chi connectivity index (χ2v) is 6.76. The number of hydrogen-bond donors (Lipinski definition) is 0. The topological polar surface area (TPSA) is 20.3 Å². The summed E-state index contributed by atoms with van der Waals surface area (Å²) in [5.41, 5.74) is 2.46. The Labute approximate surface area is 132 Å². The Hall–Kier alpha value is -1.64. The molecule has 1 aromatic carbocycles. The number of hydrogen-bond acceptors (Lipinski definition) is 2. The van der Waals surface area contributed by atoms with Crippen LogP contribution in [0.3, 0.4) is 0 Å². The molecule has 1 aromatic rings. The lowest BCUT2D eigenvalue weighted by Crippen LogP contribution is -2.28. The Morgan fingerprint density at radius 2 is 1.95 bits per heavy atom. The minimum absolute atomic E-state index is 0.159. The Kier molecular flexibility index (Phi) is 4.60. The molecule has 2 nitrogen and oxygen atoms in total. The van der Waals surface area contributed by atoms with E-state index in [1.807, 2.05) is 12.1 Å². The van der Waals surface area contributed by atoms with Gasteiger partial charge in [0, 0.05) is 31.8 Å². The summed E-state index contributed by atoms with van der Waals surface area (Å²) in [7, 11) is 2.10. The van der Waals surface area contributed by atoms with Crippen LogP contribution in [0, 0.1) is 11.7 Å². The largest absolute Gasteiger partial charge is 0.377 e. The third-order valence-corrected chi connectivity index (χ3v) is 5.10. The molecule has 1 fully saturated rings. The first-order chi connectivity index (χ1) is 10.6. The first kappa shape index (κ1) is 15.3. The minimum atomic E-state index is -0.159. The van der Waals surface area contributed by atoms with Crippen molar-refractivity contribution >= 4 is 5.78 Å². The standard InChI is InChI=1S/C19H24FNO/c1-21(18-9-10-19(22)12-18)13-14-3-2-4-16(11-14)15-5-7-17(20)8-6-15/h5-8,12,14,16H,2-4,9-11,13H2,1H3/t14-,16+/m0/s1. The summed E-state index contributed by atoms with van der Waals surface area (Å²) < 4.78 is 13.1. The van der Waals surface area contributed by atoms with Gasteiger partial charge in [0.25, 0.3) is 0 Å². The van der Waals surface area contributed by atoms with E-state index in [-0.39, 0.29) is 11.6 Å². The van der Waals surface area contributed by atoms with Gasteiger partial charge < -0.3 is 4.90 Å². The zero-order chi connectivity index (χ0) is 15.5. The number of rotatable bonds is 4. The van der Waals surface area contributed by atoms with E-state index in [2.05, 4.69) is 11.9 Å². The van der Waals surface area contributed by atoms with Gasteiger partial charge in [0.1, 0.15) is 5.82 Å². The van der Waals surface area contributed by atoms with E-state index in [0.717, 1.165) is 19.4 Å². The normalized spacial score (nSPS) is 25.2. The summed E-state index contributed by atoms with van der Waals surface area (Å²) in [5, 5.41) is 0. The van der Waals surface area contributed by atoms with Gasteiger partial charge in [0.2, 0.25) is 0 Å². The molecular formula is C19H24FNO. The number of benzene rings is 1. The zero-order valence-electron chi connectivity index (χ0n) is 13.2. The summed E-state index contributed by atoms with van der Waals surface area (Å²) in [6.45, 7) is 1.02. The number of carbonyl (C=O) groups excluding carboxylic acids is 1. The van der Waals surface area contributed by atoms with Crippen molar-refractivity contribution in [2.75, 3.05) is 13.6 Å². The van der Waals surface area contributed by atoms with Gasteiger partial charge in [-0.2, -0.15) is 0 Å². The van der Waals surface area contributed by atoms with Crippen molar-refractivity contribution in [1.29, 1.82) is 0 Å². The van der Waals surface area contributed by atoms with Gasteiger partial charge in [-0.05, 0) is 55.2 Å². The highest BCUT2D eigenvalue weighted by molar-refractivity contribution is 5.92. The van der Waals surface area contributed by atoms with Crippen molar-refractivity contribution in [3.63, 3.8) is 0 Å². The molecule has 0 spiro atoms. The average molecular weight is 301 g/mol. The van der Waals surface area contributed by atoms with E-state index in [1.54, 1.807) is 18.2 Å². The molecule has 0 radical (unpaired) electrons. The van der Waals surface area contributed by atoms with Crippen LogP contribution >= 0.6 is 0 Å². The maximum atomic E-state index is 13.1. The zero-order valence-corrected chi connectivity index (χ0v) is 13.2. The second kappa shape index (κ2) is 6.64. The molecule has 1 saturated carbocycles. The van der Waals surface area contributed by atoms with Crippen molar-refractivity contribution in [2.45, 2.75) is 44.4 Å². The van der Waals surface area contributed by atoms with Crippen LogP contribution in [0.5, 0.6) is 0 Å². The van der Waals surface area contributed by atoms with Gasteiger partial charge in [0.15, 0.2) is 5.78 Å². The quantitative estimate of drug-likeness (QED) is 0.827. The van der Waals surface area contributed by atoms with Crippen molar-refractivity contribution < 1.29 is 9.18 Å². The minimum Gasteiger partial charge on any atom is -0.377 e.